The van der Waals surface area contributed by atoms with E-state index in [-0.39, 0.29) is 22.9 Å². The lowest BCUT2D eigenvalue weighted by molar-refractivity contribution is -0.123. The van der Waals surface area contributed by atoms with Crippen molar-refractivity contribution in [1.29, 1.82) is 0 Å². The molecule has 0 saturated heterocycles. The molecule has 0 radical (unpaired) electrons. The van der Waals surface area contributed by atoms with Gasteiger partial charge in [0.15, 0.2) is 5.17 Å². The number of hydrogen-bond acceptors (Lipinski definition) is 4. The standard InChI is InChI=1S/C13H25N3OS/c1-9(10(17)16-12(2,3)4)15-11-14-7-13(5,6)8-18-11/h9H,7-8H2,1-6H3,(H,14,15)(H,16,17). The van der Waals surface area contributed by atoms with Gasteiger partial charge in [-0.2, -0.15) is 0 Å². The number of carbonyl (C=O) groups is 1. The van der Waals surface area contributed by atoms with Crippen LogP contribution in [-0.4, -0.2) is 35.0 Å². The molecule has 0 saturated carbocycles. The van der Waals surface area contributed by atoms with E-state index >= 15 is 0 Å². The van der Waals surface area contributed by atoms with Gasteiger partial charge in [0, 0.05) is 17.8 Å². The fourth-order valence-corrected chi connectivity index (χ4v) is 2.49. The number of hydrogen-bond donors (Lipinski definition) is 2. The number of nitrogens with zero attached hydrogens (tertiary/aromatic N) is 1. The van der Waals surface area contributed by atoms with E-state index in [4.69, 9.17) is 0 Å². The molecule has 104 valence electrons. The van der Waals surface area contributed by atoms with E-state index in [1.165, 1.54) is 0 Å². The minimum Gasteiger partial charge on any atom is -0.353 e. The number of amidine groups is 1. The highest BCUT2D eigenvalue weighted by atomic mass is 32.2. The van der Waals surface area contributed by atoms with Gasteiger partial charge in [-0.15, -0.1) is 0 Å². The van der Waals surface area contributed by atoms with E-state index in [0.717, 1.165) is 17.5 Å². The van der Waals surface area contributed by atoms with Crippen molar-refractivity contribution in [3.05, 3.63) is 0 Å². The van der Waals surface area contributed by atoms with Crippen LogP contribution in [0, 0.1) is 5.41 Å². The summed E-state index contributed by atoms with van der Waals surface area (Å²) in [4.78, 5) is 16.4. The first kappa shape index (κ1) is 15.3. The molecule has 0 aromatic rings. The van der Waals surface area contributed by atoms with Crippen molar-refractivity contribution >= 4 is 22.8 Å². The molecule has 4 nitrogen and oxygen atoms in total. The highest BCUT2D eigenvalue weighted by molar-refractivity contribution is 8.13. The lowest BCUT2D eigenvalue weighted by Crippen LogP contribution is -2.51. The van der Waals surface area contributed by atoms with Gasteiger partial charge in [0.2, 0.25) is 5.91 Å². The summed E-state index contributed by atoms with van der Waals surface area (Å²) in [7, 11) is 0. The molecule has 1 aliphatic heterocycles. The molecular weight excluding hydrogens is 246 g/mol. The Labute approximate surface area is 114 Å². The molecular formula is C13H25N3OS. The summed E-state index contributed by atoms with van der Waals surface area (Å²) in [5.41, 5.74) is 0.0588. The van der Waals surface area contributed by atoms with Gasteiger partial charge in [-0.3, -0.25) is 9.79 Å². The molecule has 1 rings (SSSR count). The van der Waals surface area contributed by atoms with Gasteiger partial charge >= 0.3 is 0 Å². The van der Waals surface area contributed by atoms with Crippen LogP contribution >= 0.6 is 11.8 Å². The molecule has 1 atom stereocenters. The van der Waals surface area contributed by atoms with Crippen molar-refractivity contribution < 1.29 is 4.79 Å². The maximum atomic E-state index is 11.9. The minimum atomic E-state index is -0.253. The number of amides is 1. The Morgan fingerprint density at radius 1 is 1.44 bits per heavy atom. The minimum absolute atomic E-state index is 0.00985. The highest BCUT2D eigenvalue weighted by Crippen LogP contribution is 2.27. The van der Waals surface area contributed by atoms with Gasteiger partial charge in [-0.25, -0.2) is 0 Å². The van der Waals surface area contributed by atoms with Crippen molar-refractivity contribution in [2.45, 2.75) is 53.1 Å². The van der Waals surface area contributed by atoms with Crippen LogP contribution in [0.15, 0.2) is 4.99 Å². The van der Waals surface area contributed by atoms with Crippen LogP contribution in [0.4, 0.5) is 0 Å². The number of nitrogens with one attached hydrogen (secondary N) is 2. The molecule has 1 aliphatic rings. The quantitative estimate of drug-likeness (QED) is 0.808. The topological polar surface area (TPSA) is 53.5 Å². The van der Waals surface area contributed by atoms with Gasteiger partial charge in [0.25, 0.3) is 0 Å². The lowest BCUT2D eigenvalue weighted by Gasteiger charge is -2.29. The smallest absolute Gasteiger partial charge is 0.242 e. The summed E-state index contributed by atoms with van der Waals surface area (Å²) < 4.78 is 0. The molecule has 2 N–H and O–H groups in total. The molecule has 1 heterocycles. The van der Waals surface area contributed by atoms with Gasteiger partial charge < -0.3 is 10.6 Å². The third-order valence-electron chi connectivity index (χ3n) is 2.48. The monoisotopic (exact) mass is 271 g/mol. The Bertz CT molecular complexity index is 345. The van der Waals surface area contributed by atoms with Crippen molar-refractivity contribution in [2.75, 3.05) is 12.3 Å². The Morgan fingerprint density at radius 2 is 2.06 bits per heavy atom. The first-order valence-electron chi connectivity index (χ1n) is 6.35. The lowest BCUT2D eigenvalue weighted by atomic mass is 9.97. The van der Waals surface area contributed by atoms with E-state index in [1.54, 1.807) is 11.8 Å². The number of rotatable bonds is 2. The van der Waals surface area contributed by atoms with Crippen molar-refractivity contribution in [2.24, 2.45) is 10.4 Å². The van der Waals surface area contributed by atoms with Crippen LogP contribution < -0.4 is 10.6 Å². The zero-order valence-corrected chi connectivity index (χ0v) is 13.1. The number of aliphatic imine (C=N–C) groups is 1. The fraction of sp³-hybridized carbons (Fsp3) is 0.846. The maximum Gasteiger partial charge on any atom is 0.242 e. The average molecular weight is 271 g/mol. The van der Waals surface area contributed by atoms with Gasteiger partial charge in [0.05, 0.1) is 0 Å². The Kier molecular flexibility index (Phi) is 4.70. The Balaban J connectivity index is 2.48. The zero-order chi connectivity index (χ0) is 14.0. The van der Waals surface area contributed by atoms with E-state index in [0.29, 0.717) is 0 Å². The van der Waals surface area contributed by atoms with E-state index in [9.17, 15) is 4.79 Å². The van der Waals surface area contributed by atoms with Gasteiger partial charge in [-0.05, 0) is 33.1 Å². The summed E-state index contributed by atoms with van der Waals surface area (Å²) in [6.45, 7) is 13.0. The van der Waals surface area contributed by atoms with Crippen molar-refractivity contribution in [3.8, 4) is 0 Å². The van der Waals surface area contributed by atoms with E-state index in [2.05, 4.69) is 29.5 Å². The second kappa shape index (κ2) is 5.51. The largest absolute Gasteiger partial charge is 0.353 e. The van der Waals surface area contributed by atoms with Gasteiger partial charge in [0.1, 0.15) is 6.04 Å². The molecule has 18 heavy (non-hydrogen) atoms. The normalized spacial score (nSPS) is 20.9. The second-order valence-electron chi connectivity index (χ2n) is 6.68. The van der Waals surface area contributed by atoms with Crippen LogP contribution in [0.25, 0.3) is 0 Å². The molecule has 1 amide bonds. The number of thioether (sulfide) groups is 1. The average Bonchev–Trinajstić information content (AvgIpc) is 2.18. The van der Waals surface area contributed by atoms with Crippen molar-refractivity contribution in [3.63, 3.8) is 0 Å². The molecule has 0 aromatic carbocycles. The molecule has 5 heteroatoms. The summed E-state index contributed by atoms with van der Waals surface area (Å²) >= 11 is 1.69. The molecule has 0 fully saturated rings. The van der Waals surface area contributed by atoms with Gasteiger partial charge in [-0.1, -0.05) is 25.6 Å². The third kappa shape index (κ3) is 5.29. The summed E-state index contributed by atoms with van der Waals surface area (Å²) in [6, 6.07) is -0.253. The summed E-state index contributed by atoms with van der Waals surface area (Å²) in [6.07, 6.45) is 0. The second-order valence-corrected chi connectivity index (χ2v) is 7.64. The first-order valence-corrected chi connectivity index (χ1v) is 7.33. The number of carbonyl (C=O) groups excluding carboxylic acids is 1. The maximum absolute atomic E-state index is 11.9. The third-order valence-corrected chi connectivity index (χ3v) is 3.93. The summed E-state index contributed by atoms with van der Waals surface area (Å²) in [5, 5.41) is 7.02. The van der Waals surface area contributed by atoms with Crippen LogP contribution in [0.5, 0.6) is 0 Å². The first-order chi connectivity index (χ1) is 8.09. The molecule has 0 spiro atoms. The molecule has 0 aromatic heterocycles. The van der Waals surface area contributed by atoms with E-state index in [1.807, 2.05) is 27.7 Å². The van der Waals surface area contributed by atoms with Crippen LogP contribution in [-0.2, 0) is 4.79 Å². The van der Waals surface area contributed by atoms with Crippen LogP contribution in [0.1, 0.15) is 41.5 Å². The molecule has 0 bridgehead atoms. The fourth-order valence-electron chi connectivity index (χ4n) is 1.46. The van der Waals surface area contributed by atoms with Crippen molar-refractivity contribution in [1.82, 2.24) is 10.6 Å². The SMILES string of the molecule is CC(NC1=NCC(C)(C)CS1)C(=O)NC(C)(C)C. The molecule has 1 unspecified atom stereocenters. The zero-order valence-electron chi connectivity index (χ0n) is 12.3. The van der Waals surface area contributed by atoms with Crippen LogP contribution in [0.3, 0.4) is 0 Å². The summed E-state index contributed by atoms with van der Waals surface area (Å²) in [5.74, 6) is 1.04. The van der Waals surface area contributed by atoms with Crippen LogP contribution in [0.2, 0.25) is 0 Å². The Morgan fingerprint density at radius 3 is 2.50 bits per heavy atom. The van der Waals surface area contributed by atoms with E-state index < -0.39 is 0 Å². The highest BCUT2D eigenvalue weighted by Gasteiger charge is 2.25. The predicted molar refractivity (Wildman–Crippen MR) is 79.0 cm³/mol. The predicted octanol–water partition coefficient (Wildman–Crippen LogP) is 2.01. The Hall–Kier alpha value is -0.710. The molecule has 0 aliphatic carbocycles.